The Bertz CT molecular complexity index is 197. The maximum absolute atomic E-state index is 11.5. The van der Waals surface area contributed by atoms with Crippen molar-refractivity contribution in [2.75, 3.05) is 13.2 Å². The molecule has 82 valence electrons. The van der Waals surface area contributed by atoms with E-state index in [1.54, 1.807) is 4.90 Å². The van der Waals surface area contributed by atoms with Crippen molar-refractivity contribution < 1.29 is 9.53 Å². The van der Waals surface area contributed by atoms with Crippen molar-refractivity contribution in [2.24, 2.45) is 5.73 Å². The van der Waals surface area contributed by atoms with Crippen molar-refractivity contribution in [3.63, 3.8) is 0 Å². The summed E-state index contributed by atoms with van der Waals surface area (Å²) in [6, 6.07) is 0.220. The lowest BCUT2D eigenvalue weighted by molar-refractivity contribution is 0.0982. The summed E-state index contributed by atoms with van der Waals surface area (Å²) in [5.74, 6) is 0. The molecule has 2 atom stereocenters. The molecule has 0 radical (unpaired) electrons. The van der Waals surface area contributed by atoms with Crippen molar-refractivity contribution in [1.29, 1.82) is 0 Å². The number of likely N-dealkylation sites (tertiary alicyclic amines) is 1. The second kappa shape index (κ2) is 5.20. The Morgan fingerprint density at radius 1 is 1.64 bits per heavy atom. The smallest absolute Gasteiger partial charge is 0.410 e. The molecular formula is C10H20N2O2. The third-order valence-electron chi connectivity index (χ3n) is 2.77. The summed E-state index contributed by atoms with van der Waals surface area (Å²) in [4.78, 5) is 13.2. The van der Waals surface area contributed by atoms with Crippen LogP contribution in [0.5, 0.6) is 0 Å². The van der Waals surface area contributed by atoms with Crippen LogP contribution in [0.1, 0.15) is 33.1 Å². The van der Waals surface area contributed by atoms with E-state index in [2.05, 4.69) is 6.92 Å². The number of unbranched alkanes of at least 4 members (excludes halogenated alkanes) is 1. The Labute approximate surface area is 85.4 Å². The number of hydrogen-bond acceptors (Lipinski definition) is 3. The summed E-state index contributed by atoms with van der Waals surface area (Å²) in [6.07, 6.45) is 2.64. The van der Waals surface area contributed by atoms with Gasteiger partial charge in [0.05, 0.1) is 6.61 Å². The number of rotatable bonds is 3. The fraction of sp³-hybridized carbons (Fsp3) is 0.900. The van der Waals surface area contributed by atoms with Gasteiger partial charge in [-0.3, -0.25) is 0 Å². The maximum Gasteiger partial charge on any atom is 0.410 e. The highest BCUT2D eigenvalue weighted by molar-refractivity contribution is 5.68. The van der Waals surface area contributed by atoms with Crippen LogP contribution in [0.25, 0.3) is 0 Å². The average Bonchev–Trinajstić information content (AvgIpc) is 2.48. The van der Waals surface area contributed by atoms with Crippen molar-refractivity contribution >= 4 is 6.09 Å². The molecule has 0 spiro atoms. The van der Waals surface area contributed by atoms with Gasteiger partial charge in [-0.1, -0.05) is 13.3 Å². The van der Waals surface area contributed by atoms with Gasteiger partial charge in [-0.05, 0) is 19.8 Å². The van der Waals surface area contributed by atoms with Crippen molar-refractivity contribution in [3.8, 4) is 0 Å². The molecule has 1 rings (SSSR count). The summed E-state index contributed by atoms with van der Waals surface area (Å²) in [6.45, 7) is 5.29. The van der Waals surface area contributed by atoms with Crippen LogP contribution >= 0.6 is 0 Å². The van der Waals surface area contributed by atoms with E-state index in [1.165, 1.54) is 0 Å². The second-order valence-electron chi connectivity index (χ2n) is 3.85. The summed E-state index contributed by atoms with van der Waals surface area (Å²) in [5.41, 5.74) is 5.81. The van der Waals surface area contributed by atoms with E-state index >= 15 is 0 Å². The minimum Gasteiger partial charge on any atom is -0.449 e. The van der Waals surface area contributed by atoms with E-state index in [4.69, 9.17) is 10.5 Å². The SMILES string of the molecule is CCCCOC(=O)N1CCC(N)C1C. The zero-order valence-corrected chi connectivity index (χ0v) is 9.03. The lowest BCUT2D eigenvalue weighted by Gasteiger charge is -2.22. The number of carbonyl (C=O) groups is 1. The Kier molecular flexibility index (Phi) is 4.20. The van der Waals surface area contributed by atoms with Crippen LogP contribution in [-0.4, -0.2) is 36.2 Å². The summed E-state index contributed by atoms with van der Waals surface area (Å²) < 4.78 is 5.12. The molecule has 0 aromatic heterocycles. The molecule has 14 heavy (non-hydrogen) atoms. The minimum atomic E-state index is -0.209. The van der Waals surface area contributed by atoms with Gasteiger partial charge in [-0.25, -0.2) is 4.79 Å². The third-order valence-corrected chi connectivity index (χ3v) is 2.77. The number of ether oxygens (including phenoxy) is 1. The molecular weight excluding hydrogens is 180 g/mol. The molecule has 1 amide bonds. The highest BCUT2D eigenvalue weighted by Gasteiger charge is 2.32. The Morgan fingerprint density at radius 2 is 2.36 bits per heavy atom. The molecule has 0 aromatic rings. The van der Waals surface area contributed by atoms with Crippen molar-refractivity contribution in [3.05, 3.63) is 0 Å². The third kappa shape index (κ3) is 2.61. The van der Waals surface area contributed by atoms with Crippen LogP contribution in [0, 0.1) is 0 Å². The van der Waals surface area contributed by atoms with Gasteiger partial charge in [0.1, 0.15) is 0 Å². The first kappa shape index (κ1) is 11.3. The molecule has 0 aromatic carbocycles. The van der Waals surface area contributed by atoms with Crippen LogP contribution in [0.2, 0.25) is 0 Å². The van der Waals surface area contributed by atoms with Gasteiger partial charge in [-0.15, -0.1) is 0 Å². The normalized spacial score (nSPS) is 26.6. The first-order valence-electron chi connectivity index (χ1n) is 5.35. The summed E-state index contributed by atoms with van der Waals surface area (Å²) in [7, 11) is 0. The highest BCUT2D eigenvalue weighted by Crippen LogP contribution is 2.16. The predicted octanol–water partition coefficient (Wildman–Crippen LogP) is 1.34. The zero-order valence-electron chi connectivity index (χ0n) is 9.03. The van der Waals surface area contributed by atoms with E-state index in [0.717, 1.165) is 25.8 Å². The lowest BCUT2D eigenvalue weighted by Crippen LogP contribution is -2.40. The monoisotopic (exact) mass is 200 g/mol. The van der Waals surface area contributed by atoms with Crippen molar-refractivity contribution in [2.45, 2.75) is 45.2 Å². The van der Waals surface area contributed by atoms with E-state index < -0.39 is 0 Å². The van der Waals surface area contributed by atoms with E-state index in [1.807, 2.05) is 6.92 Å². The summed E-state index contributed by atoms with van der Waals surface area (Å²) in [5, 5.41) is 0. The molecule has 1 aliphatic heterocycles. The van der Waals surface area contributed by atoms with Gasteiger partial charge in [0, 0.05) is 18.6 Å². The van der Waals surface area contributed by atoms with Gasteiger partial charge in [0.25, 0.3) is 0 Å². The largest absolute Gasteiger partial charge is 0.449 e. The Balaban J connectivity index is 2.30. The number of nitrogens with two attached hydrogens (primary N) is 1. The van der Waals surface area contributed by atoms with Crippen LogP contribution in [0.15, 0.2) is 0 Å². The summed E-state index contributed by atoms with van der Waals surface area (Å²) >= 11 is 0. The van der Waals surface area contributed by atoms with Crippen LogP contribution < -0.4 is 5.73 Å². The van der Waals surface area contributed by atoms with Crippen molar-refractivity contribution in [1.82, 2.24) is 4.90 Å². The first-order chi connectivity index (χ1) is 6.66. The fourth-order valence-corrected chi connectivity index (χ4v) is 1.61. The quantitative estimate of drug-likeness (QED) is 0.699. The van der Waals surface area contributed by atoms with Crippen LogP contribution in [0.3, 0.4) is 0 Å². The molecule has 1 heterocycles. The topological polar surface area (TPSA) is 55.6 Å². The Hall–Kier alpha value is -0.770. The van der Waals surface area contributed by atoms with E-state index in [9.17, 15) is 4.79 Å². The molecule has 4 heteroatoms. The molecule has 1 aliphatic rings. The molecule has 4 nitrogen and oxygen atoms in total. The van der Waals surface area contributed by atoms with Gasteiger partial charge in [0.15, 0.2) is 0 Å². The molecule has 0 aliphatic carbocycles. The molecule has 2 unspecified atom stereocenters. The molecule has 2 N–H and O–H groups in total. The number of nitrogens with zero attached hydrogens (tertiary/aromatic N) is 1. The first-order valence-corrected chi connectivity index (χ1v) is 5.35. The van der Waals surface area contributed by atoms with Gasteiger partial charge >= 0.3 is 6.09 Å². The molecule has 0 saturated carbocycles. The van der Waals surface area contributed by atoms with E-state index in [-0.39, 0.29) is 18.2 Å². The lowest BCUT2D eigenvalue weighted by atomic mass is 10.2. The Morgan fingerprint density at radius 3 is 2.86 bits per heavy atom. The van der Waals surface area contributed by atoms with E-state index in [0.29, 0.717) is 6.61 Å². The zero-order chi connectivity index (χ0) is 10.6. The second-order valence-corrected chi connectivity index (χ2v) is 3.85. The molecule has 1 fully saturated rings. The number of carbonyl (C=O) groups excluding carboxylic acids is 1. The van der Waals surface area contributed by atoms with Gasteiger partial charge < -0.3 is 15.4 Å². The van der Waals surface area contributed by atoms with Gasteiger partial charge in [0.2, 0.25) is 0 Å². The highest BCUT2D eigenvalue weighted by atomic mass is 16.6. The maximum atomic E-state index is 11.5. The van der Waals surface area contributed by atoms with Crippen LogP contribution in [-0.2, 0) is 4.74 Å². The minimum absolute atomic E-state index is 0.105. The predicted molar refractivity (Wildman–Crippen MR) is 55.0 cm³/mol. The molecule has 1 saturated heterocycles. The molecule has 0 bridgehead atoms. The number of amides is 1. The standard InChI is InChI=1S/C10H20N2O2/c1-3-4-7-14-10(13)12-6-5-9(11)8(12)2/h8-9H,3-7,11H2,1-2H3. The fourth-order valence-electron chi connectivity index (χ4n) is 1.61. The van der Waals surface area contributed by atoms with Gasteiger partial charge in [-0.2, -0.15) is 0 Å². The van der Waals surface area contributed by atoms with Crippen LogP contribution in [0.4, 0.5) is 4.79 Å². The number of hydrogen-bond donors (Lipinski definition) is 1. The average molecular weight is 200 g/mol.